The standard InChI is InChI=1S/C14H15N3O2/c1-15-11-5-3-10(4-6-11)14(18)17-12-7-8-13(19-2)16-9-12/h3-9,15H,1-2H3,(H,17,18). The van der Waals surface area contributed by atoms with Crippen LogP contribution in [0.5, 0.6) is 5.88 Å². The second kappa shape index (κ2) is 5.86. The zero-order valence-electron chi connectivity index (χ0n) is 10.8. The smallest absolute Gasteiger partial charge is 0.255 e. The number of nitrogens with one attached hydrogen (secondary N) is 2. The van der Waals surface area contributed by atoms with Crippen LogP contribution in [-0.4, -0.2) is 25.0 Å². The molecule has 0 aliphatic rings. The van der Waals surface area contributed by atoms with Gasteiger partial charge in [0.2, 0.25) is 5.88 Å². The number of hydrogen-bond acceptors (Lipinski definition) is 4. The first-order valence-corrected chi connectivity index (χ1v) is 5.82. The van der Waals surface area contributed by atoms with Crippen molar-refractivity contribution in [2.24, 2.45) is 0 Å². The van der Waals surface area contributed by atoms with Crippen LogP contribution in [-0.2, 0) is 0 Å². The minimum atomic E-state index is -0.172. The topological polar surface area (TPSA) is 63.2 Å². The summed E-state index contributed by atoms with van der Waals surface area (Å²) in [5.74, 6) is 0.339. The van der Waals surface area contributed by atoms with Gasteiger partial charge in [0.15, 0.2) is 0 Å². The average Bonchev–Trinajstić information content (AvgIpc) is 2.48. The average molecular weight is 257 g/mol. The molecule has 19 heavy (non-hydrogen) atoms. The number of nitrogens with zero attached hydrogens (tertiary/aromatic N) is 1. The molecule has 1 aromatic heterocycles. The van der Waals surface area contributed by atoms with Crippen molar-refractivity contribution < 1.29 is 9.53 Å². The number of ether oxygens (including phenoxy) is 1. The first-order valence-electron chi connectivity index (χ1n) is 5.82. The molecule has 1 heterocycles. The molecule has 2 N–H and O–H groups in total. The van der Waals surface area contributed by atoms with Crippen molar-refractivity contribution in [1.82, 2.24) is 4.98 Å². The number of anilines is 2. The van der Waals surface area contributed by atoms with Crippen LogP contribution in [0.3, 0.4) is 0 Å². The Morgan fingerprint density at radius 3 is 2.32 bits per heavy atom. The molecular formula is C14H15N3O2. The number of pyridine rings is 1. The molecule has 0 fully saturated rings. The number of amides is 1. The molecule has 0 aliphatic heterocycles. The van der Waals surface area contributed by atoms with E-state index in [-0.39, 0.29) is 5.91 Å². The minimum Gasteiger partial charge on any atom is -0.481 e. The third-order valence-corrected chi connectivity index (χ3v) is 2.64. The molecule has 0 aliphatic carbocycles. The molecule has 0 unspecified atom stereocenters. The fraction of sp³-hybridized carbons (Fsp3) is 0.143. The van der Waals surface area contributed by atoms with Gasteiger partial charge in [0.25, 0.3) is 5.91 Å². The van der Waals surface area contributed by atoms with Gasteiger partial charge in [0.1, 0.15) is 0 Å². The van der Waals surface area contributed by atoms with Gasteiger partial charge in [-0.3, -0.25) is 4.79 Å². The van der Waals surface area contributed by atoms with Crippen molar-refractivity contribution in [3.63, 3.8) is 0 Å². The maximum atomic E-state index is 12.0. The number of hydrogen-bond donors (Lipinski definition) is 2. The normalized spacial score (nSPS) is 9.79. The van der Waals surface area contributed by atoms with E-state index < -0.39 is 0 Å². The van der Waals surface area contributed by atoms with Crippen LogP contribution in [0.15, 0.2) is 42.6 Å². The maximum Gasteiger partial charge on any atom is 0.255 e. The summed E-state index contributed by atoms with van der Waals surface area (Å²) in [4.78, 5) is 16.0. The Morgan fingerprint density at radius 1 is 1.11 bits per heavy atom. The molecular weight excluding hydrogens is 242 g/mol. The van der Waals surface area contributed by atoms with E-state index in [1.54, 1.807) is 37.6 Å². The molecule has 0 spiro atoms. The molecule has 0 bridgehead atoms. The Labute approximate surface area is 111 Å². The highest BCUT2D eigenvalue weighted by molar-refractivity contribution is 6.04. The number of rotatable bonds is 4. The van der Waals surface area contributed by atoms with Crippen LogP contribution < -0.4 is 15.4 Å². The van der Waals surface area contributed by atoms with E-state index in [0.29, 0.717) is 17.1 Å². The summed E-state index contributed by atoms with van der Waals surface area (Å²) in [6.07, 6.45) is 1.55. The summed E-state index contributed by atoms with van der Waals surface area (Å²) in [5.41, 5.74) is 2.18. The third-order valence-electron chi connectivity index (χ3n) is 2.64. The molecule has 2 aromatic rings. The Morgan fingerprint density at radius 2 is 1.79 bits per heavy atom. The molecule has 98 valence electrons. The van der Waals surface area contributed by atoms with Gasteiger partial charge < -0.3 is 15.4 Å². The summed E-state index contributed by atoms with van der Waals surface area (Å²) in [7, 11) is 3.38. The van der Waals surface area contributed by atoms with Crippen LogP contribution in [0.2, 0.25) is 0 Å². The van der Waals surface area contributed by atoms with Crippen molar-refractivity contribution in [3.8, 4) is 5.88 Å². The number of carbonyl (C=O) groups excluding carboxylic acids is 1. The number of aromatic nitrogens is 1. The van der Waals surface area contributed by atoms with Crippen molar-refractivity contribution in [2.75, 3.05) is 24.8 Å². The van der Waals surface area contributed by atoms with Gasteiger partial charge in [0.05, 0.1) is 19.0 Å². The van der Waals surface area contributed by atoms with Crippen molar-refractivity contribution >= 4 is 17.3 Å². The zero-order valence-corrected chi connectivity index (χ0v) is 10.8. The number of methoxy groups -OCH3 is 1. The molecule has 1 aromatic carbocycles. The summed E-state index contributed by atoms with van der Waals surface area (Å²) in [5, 5.41) is 5.77. The van der Waals surface area contributed by atoms with Gasteiger partial charge in [-0.15, -0.1) is 0 Å². The number of benzene rings is 1. The molecule has 2 rings (SSSR count). The maximum absolute atomic E-state index is 12.0. The van der Waals surface area contributed by atoms with Crippen LogP contribution in [0, 0.1) is 0 Å². The summed E-state index contributed by atoms with van der Waals surface area (Å²) in [6, 6.07) is 10.7. The van der Waals surface area contributed by atoms with Crippen molar-refractivity contribution in [1.29, 1.82) is 0 Å². The van der Waals surface area contributed by atoms with Crippen LogP contribution in [0.25, 0.3) is 0 Å². The lowest BCUT2D eigenvalue weighted by Crippen LogP contribution is -2.12. The Hall–Kier alpha value is -2.56. The van der Waals surface area contributed by atoms with Gasteiger partial charge in [-0.1, -0.05) is 0 Å². The van der Waals surface area contributed by atoms with Crippen LogP contribution in [0.1, 0.15) is 10.4 Å². The Bertz CT molecular complexity index is 550. The predicted molar refractivity (Wildman–Crippen MR) is 74.7 cm³/mol. The van der Waals surface area contributed by atoms with Gasteiger partial charge >= 0.3 is 0 Å². The highest BCUT2D eigenvalue weighted by atomic mass is 16.5. The lowest BCUT2D eigenvalue weighted by Gasteiger charge is -2.06. The second-order valence-electron chi connectivity index (χ2n) is 3.87. The number of carbonyl (C=O) groups is 1. The molecule has 0 saturated heterocycles. The van der Waals surface area contributed by atoms with Gasteiger partial charge in [-0.2, -0.15) is 0 Å². The monoisotopic (exact) mass is 257 g/mol. The molecule has 0 radical (unpaired) electrons. The lowest BCUT2D eigenvalue weighted by atomic mass is 10.2. The van der Waals surface area contributed by atoms with Crippen LogP contribution >= 0.6 is 0 Å². The Balaban J connectivity index is 2.06. The first-order chi connectivity index (χ1) is 9.22. The van der Waals surface area contributed by atoms with Gasteiger partial charge in [0, 0.05) is 24.4 Å². The summed E-state index contributed by atoms with van der Waals surface area (Å²) < 4.78 is 4.95. The van der Waals surface area contributed by atoms with Crippen molar-refractivity contribution in [3.05, 3.63) is 48.2 Å². The van der Waals surface area contributed by atoms with E-state index in [9.17, 15) is 4.79 Å². The van der Waals surface area contributed by atoms with E-state index in [2.05, 4.69) is 15.6 Å². The van der Waals surface area contributed by atoms with E-state index in [1.807, 2.05) is 19.2 Å². The van der Waals surface area contributed by atoms with E-state index in [0.717, 1.165) is 5.69 Å². The summed E-state index contributed by atoms with van der Waals surface area (Å²) >= 11 is 0. The largest absolute Gasteiger partial charge is 0.481 e. The quantitative estimate of drug-likeness (QED) is 0.882. The fourth-order valence-electron chi connectivity index (χ4n) is 1.57. The van der Waals surface area contributed by atoms with Gasteiger partial charge in [-0.05, 0) is 30.3 Å². The molecule has 1 amide bonds. The van der Waals surface area contributed by atoms with Crippen LogP contribution in [0.4, 0.5) is 11.4 Å². The summed E-state index contributed by atoms with van der Waals surface area (Å²) in [6.45, 7) is 0. The highest BCUT2D eigenvalue weighted by Gasteiger charge is 2.06. The molecule has 0 atom stereocenters. The first kappa shape index (κ1) is 12.9. The highest BCUT2D eigenvalue weighted by Crippen LogP contribution is 2.13. The predicted octanol–water partition coefficient (Wildman–Crippen LogP) is 2.38. The minimum absolute atomic E-state index is 0.172. The molecule has 5 heteroatoms. The lowest BCUT2D eigenvalue weighted by molar-refractivity contribution is 0.102. The van der Waals surface area contributed by atoms with E-state index in [4.69, 9.17) is 4.74 Å². The SMILES string of the molecule is CNc1ccc(C(=O)Nc2ccc(OC)nc2)cc1. The zero-order chi connectivity index (χ0) is 13.7. The fourth-order valence-corrected chi connectivity index (χ4v) is 1.57. The van der Waals surface area contributed by atoms with E-state index >= 15 is 0 Å². The Kier molecular flexibility index (Phi) is 3.97. The van der Waals surface area contributed by atoms with Gasteiger partial charge in [-0.25, -0.2) is 4.98 Å². The molecule has 0 saturated carbocycles. The van der Waals surface area contributed by atoms with Crippen molar-refractivity contribution in [2.45, 2.75) is 0 Å². The van der Waals surface area contributed by atoms with E-state index in [1.165, 1.54) is 0 Å². The third kappa shape index (κ3) is 3.22. The second-order valence-corrected chi connectivity index (χ2v) is 3.87. The molecule has 5 nitrogen and oxygen atoms in total.